The van der Waals surface area contributed by atoms with E-state index in [1.165, 1.54) is 11.1 Å². The van der Waals surface area contributed by atoms with Crippen LogP contribution in [0.4, 0.5) is 0 Å². The molecule has 0 aliphatic rings. The molecule has 8 nitrogen and oxygen atoms in total. The molecular weight excluding hydrogens is 703 g/mol. The van der Waals surface area contributed by atoms with Crippen molar-refractivity contribution in [1.82, 2.24) is 32.9 Å². The summed E-state index contributed by atoms with van der Waals surface area (Å²) in [6.45, 7) is 0. The monoisotopic (exact) mass is 731 g/mol. The van der Waals surface area contributed by atoms with Gasteiger partial charge in [-0.3, -0.25) is 17.9 Å². The second-order valence-electron chi connectivity index (χ2n) is 14.6. The molecule has 8 heteroatoms. The van der Waals surface area contributed by atoms with Crippen molar-refractivity contribution in [3.63, 3.8) is 0 Å². The molecule has 0 radical (unpaired) electrons. The van der Waals surface area contributed by atoms with E-state index in [1.807, 2.05) is 12.1 Å². The van der Waals surface area contributed by atoms with E-state index in [4.69, 9.17) is 14.4 Å². The lowest BCUT2D eigenvalue weighted by Crippen LogP contribution is -1.95. The van der Waals surface area contributed by atoms with E-state index in [9.17, 15) is 0 Å². The Morgan fingerprint density at radius 2 is 0.982 bits per heavy atom. The second kappa shape index (κ2) is 11.3. The first-order valence-corrected chi connectivity index (χ1v) is 19.0. The number of hydrogen-bond acceptors (Lipinski definition) is 4. The number of para-hydroxylation sites is 5. The van der Waals surface area contributed by atoms with Gasteiger partial charge in [-0.2, -0.15) is 0 Å². The Morgan fingerprint density at radius 1 is 0.404 bits per heavy atom. The predicted octanol–water partition coefficient (Wildman–Crippen LogP) is 11.8. The Balaban J connectivity index is 1.03. The summed E-state index contributed by atoms with van der Waals surface area (Å²) in [4.78, 5) is 14.9. The molecule has 266 valence electrons. The minimum absolute atomic E-state index is 0.622. The number of benzene rings is 7. The van der Waals surface area contributed by atoms with Crippen molar-refractivity contribution >= 4 is 77.8 Å². The van der Waals surface area contributed by atoms with Crippen molar-refractivity contribution in [3.05, 3.63) is 176 Å². The summed E-state index contributed by atoms with van der Waals surface area (Å²) in [6, 6.07) is 59.7. The van der Waals surface area contributed by atoms with Gasteiger partial charge < -0.3 is 4.42 Å². The van der Waals surface area contributed by atoms with E-state index in [2.05, 4.69) is 181 Å². The lowest BCUT2D eigenvalue weighted by atomic mass is 10.0. The van der Waals surface area contributed by atoms with E-state index < -0.39 is 0 Å². The van der Waals surface area contributed by atoms with E-state index >= 15 is 0 Å². The molecule has 13 rings (SSSR count). The molecule has 0 saturated carbocycles. The molecule has 0 aliphatic carbocycles. The number of nitrogens with zero attached hydrogens (tertiary/aromatic N) is 7. The number of hydrogen-bond donors (Lipinski definition) is 0. The van der Waals surface area contributed by atoms with E-state index in [-0.39, 0.29) is 0 Å². The fourth-order valence-corrected chi connectivity index (χ4v) is 8.88. The zero-order valence-corrected chi connectivity index (χ0v) is 30.3. The Morgan fingerprint density at radius 3 is 1.68 bits per heavy atom. The largest absolute Gasteiger partial charge is 0.435 e. The Hall–Kier alpha value is -7.97. The van der Waals surface area contributed by atoms with Crippen LogP contribution in [0.3, 0.4) is 0 Å². The van der Waals surface area contributed by atoms with Crippen LogP contribution in [0.2, 0.25) is 0 Å². The summed E-state index contributed by atoms with van der Waals surface area (Å²) < 4.78 is 15.5. The molecule has 13 aromatic rings. The first kappa shape index (κ1) is 30.4. The zero-order chi connectivity index (χ0) is 37.2. The molecule has 7 aromatic carbocycles. The summed E-state index contributed by atoms with van der Waals surface area (Å²) in [6.07, 6.45) is 1.77. The third-order valence-electron chi connectivity index (χ3n) is 11.5. The van der Waals surface area contributed by atoms with Gasteiger partial charge in [0.2, 0.25) is 17.3 Å². The number of fused-ring (bicyclic) bond motifs is 13. The van der Waals surface area contributed by atoms with Gasteiger partial charge in [0.15, 0.2) is 5.58 Å². The van der Waals surface area contributed by atoms with Gasteiger partial charge in [0, 0.05) is 22.7 Å². The van der Waals surface area contributed by atoms with Crippen LogP contribution in [0, 0.1) is 0 Å². The van der Waals surface area contributed by atoms with Crippen molar-refractivity contribution in [2.75, 3.05) is 0 Å². The number of furan rings is 1. The maximum Gasteiger partial charge on any atom is 0.227 e. The highest BCUT2D eigenvalue weighted by Crippen LogP contribution is 2.38. The molecule has 0 N–H and O–H groups in total. The minimum Gasteiger partial charge on any atom is -0.435 e. The van der Waals surface area contributed by atoms with Crippen LogP contribution in [0.1, 0.15) is 0 Å². The molecule has 6 heterocycles. The first-order chi connectivity index (χ1) is 28.3. The SMILES string of the molecule is c1ccc(-c2ccc(-n3c4ccc(-c5ccc6c(c5)n5c7ccccc7nc5n6-c5cccc6c5oc5ncccc56)cc4n4c5ccccc5nc34)cc2)cc1. The predicted molar refractivity (Wildman–Crippen MR) is 229 cm³/mol. The average Bonchev–Trinajstić information content (AvgIpc) is 4.07. The lowest BCUT2D eigenvalue weighted by molar-refractivity contribution is 0.651. The zero-order valence-electron chi connectivity index (χ0n) is 30.3. The van der Waals surface area contributed by atoms with Crippen molar-refractivity contribution in [2.45, 2.75) is 0 Å². The van der Waals surface area contributed by atoms with Crippen LogP contribution in [0.5, 0.6) is 0 Å². The van der Waals surface area contributed by atoms with Crippen LogP contribution in [0.15, 0.2) is 180 Å². The fourth-order valence-electron chi connectivity index (χ4n) is 8.88. The normalized spacial score (nSPS) is 12.2. The van der Waals surface area contributed by atoms with E-state index in [0.717, 1.165) is 94.5 Å². The van der Waals surface area contributed by atoms with E-state index in [0.29, 0.717) is 5.71 Å². The molecule has 57 heavy (non-hydrogen) atoms. The van der Waals surface area contributed by atoms with Crippen molar-refractivity contribution in [2.24, 2.45) is 0 Å². The Labute approximate surface area is 323 Å². The summed E-state index contributed by atoms with van der Waals surface area (Å²) in [5.41, 5.74) is 16.2. The van der Waals surface area contributed by atoms with Gasteiger partial charge in [-0.1, -0.05) is 91.0 Å². The summed E-state index contributed by atoms with van der Waals surface area (Å²) in [5, 5.41) is 2.01. The van der Waals surface area contributed by atoms with Gasteiger partial charge in [0.25, 0.3) is 0 Å². The van der Waals surface area contributed by atoms with Crippen LogP contribution in [0.25, 0.3) is 111 Å². The van der Waals surface area contributed by atoms with Gasteiger partial charge in [-0.25, -0.2) is 15.0 Å². The maximum atomic E-state index is 6.45. The van der Waals surface area contributed by atoms with Gasteiger partial charge in [0.1, 0.15) is 0 Å². The highest BCUT2D eigenvalue weighted by atomic mass is 16.3. The van der Waals surface area contributed by atoms with Crippen LogP contribution >= 0.6 is 0 Å². The van der Waals surface area contributed by atoms with Crippen LogP contribution < -0.4 is 0 Å². The molecule has 0 bridgehead atoms. The van der Waals surface area contributed by atoms with Crippen molar-refractivity contribution < 1.29 is 4.42 Å². The first-order valence-electron chi connectivity index (χ1n) is 19.0. The molecular formula is C49H29N7O. The van der Waals surface area contributed by atoms with Gasteiger partial charge in [0.05, 0.1) is 49.8 Å². The molecule has 0 aliphatic heterocycles. The number of rotatable bonds is 4. The minimum atomic E-state index is 0.622. The summed E-state index contributed by atoms with van der Waals surface area (Å²) in [5.74, 6) is 1.70. The smallest absolute Gasteiger partial charge is 0.227 e. The second-order valence-corrected chi connectivity index (χ2v) is 14.6. The molecule has 0 amide bonds. The van der Waals surface area contributed by atoms with Gasteiger partial charge in [-0.15, -0.1) is 0 Å². The van der Waals surface area contributed by atoms with Crippen LogP contribution in [-0.2, 0) is 0 Å². The summed E-state index contributed by atoms with van der Waals surface area (Å²) in [7, 11) is 0. The number of pyridine rings is 1. The van der Waals surface area contributed by atoms with Crippen molar-refractivity contribution in [1.29, 1.82) is 0 Å². The van der Waals surface area contributed by atoms with Crippen LogP contribution in [-0.4, -0.2) is 32.9 Å². The molecule has 6 aromatic heterocycles. The standard InChI is InChI=1S/C49H29N7O/c1-2-10-30(11-3-1)31-19-23-34(24-20-31)53-41-25-21-32(28-44(41)54-39-16-6-4-14-37(39)51-48(53)54)33-22-26-42-45(29-33)55-40-17-7-5-15-38(40)52-49(55)56(42)43-18-8-12-35-36-13-9-27-50-47(36)57-46(35)43/h1-29H. The third kappa shape index (κ3) is 4.23. The summed E-state index contributed by atoms with van der Waals surface area (Å²) >= 11 is 0. The fraction of sp³-hybridized carbons (Fsp3) is 0. The third-order valence-corrected chi connectivity index (χ3v) is 11.5. The highest BCUT2D eigenvalue weighted by molar-refractivity contribution is 6.07. The molecule has 0 spiro atoms. The molecule has 0 atom stereocenters. The molecule has 0 saturated heterocycles. The molecule has 0 unspecified atom stereocenters. The Kier molecular flexibility index (Phi) is 6.01. The van der Waals surface area contributed by atoms with Gasteiger partial charge in [-0.05, 0) is 101 Å². The average molecular weight is 732 g/mol. The topological polar surface area (TPSA) is 70.5 Å². The number of aromatic nitrogens is 7. The molecule has 0 fully saturated rings. The number of imidazole rings is 4. The maximum absolute atomic E-state index is 6.45. The lowest BCUT2D eigenvalue weighted by Gasteiger charge is -2.09. The highest BCUT2D eigenvalue weighted by Gasteiger charge is 2.23. The van der Waals surface area contributed by atoms with E-state index in [1.54, 1.807) is 6.20 Å². The van der Waals surface area contributed by atoms with Gasteiger partial charge >= 0.3 is 0 Å². The van der Waals surface area contributed by atoms with Crippen molar-refractivity contribution in [3.8, 4) is 33.6 Å². The Bertz CT molecular complexity index is 3750. The quantitative estimate of drug-likeness (QED) is 0.181.